The molecule has 6 rings (SSSR count). The van der Waals surface area contributed by atoms with Crippen LogP contribution in [0.1, 0.15) is 31.6 Å². The lowest BCUT2D eigenvalue weighted by atomic mass is 10.0. The second kappa shape index (κ2) is 13.7. The summed E-state index contributed by atoms with van der Waals surface area (Å²) in [5, 5.41) is 0. The van der Waals surface area contributed by atoms with E-state index in [4.69, 9.17) is 9.15 Å². The van der Waals surface area contributed by atoms with Gasteiger partial charge in [0.1, 0.15) is 6.08 Å². The molecular weight excluding hydrogens is 641 g/mol. The summed E-state index contributed by atoms with van der Waals surface area (Å²) in [4.78, 5) is 1.95. The number of benzene rings is 4. The van der Waals surface area contributed by atoms with Crippen LogP contribution in [-0.2, 0) is 26.8 Å². The van der Waals surface area contributed by atoms with E-state index in [9.17, 15) is 25.9 Å². The van der Waals surface area contributed by atoms with E-state index in [1.165, 1.54) is 0 Å². The number of fused-ring (bicyclic) bond motifs is 2. The van der Waals surface area contributed by atoms with Gasteiger partial charge in [-0.2, -0.15) is 13.0 Å². The van der Waals surface area contributed by atoms with Gasteiger partial charge >= 0.3 is 5.89 Å². The van der Waals surface area contributed by atoms with E-state index in [1.807, 2.05) is 107 Å². The minimum Gasteiger partial charge on any atom is -0.748 e. The molecule has 0 bridgehead atoms. The zero-order valence-electron chi connectivity index (χ0n) is 25.5. The van der Waals surface area contributed by atoms with Crippen molar-refractivity contribution in [1.82, 2.24) is 0 Å². The molecular formula is C35H34N2O8S2. The maximum atomic E-state index is 11.4. The Kier molecular flexibility index (Phi) is 9.46. The van der Waals surface area contributed by atoms with Gasteiger partial charge in [0.25, 0.3) is 15.6 Å². The molecule has 0 unspecified atom stereocenters. The lowest BCUT2D eigenvalue weighted by molar-refractivity contribution is -0.678. The monoisotopic (exact) mass is 674 g/mol. The van der Waals surface area contributed by atoms with Crippen LogP contribution in [0.4, 0.5) is 5.69 Å². The van der Waals surface area contributed by atoms with Crippen molar-refractivity contribution in [2.75, 3.05) is 23.0 Å². The fourth-order valence-electron chi connectivity index (χ4n) is 5.71. The van der Waals surface area contributed by atoms with Gasteiger partial charge < -0.3 is 18.6 Å². The number of anilines is 1. The van der Waals surface area contributed by atoms with Crippen LogP contribution in [0.5, 0.6) is 5.75 Å². The van der Waals surface area contributed by atoms with E-state index in [1.54, 1.807) is 6.08 Å². The van der Waals surface area contributed by atoms with Gasteiger partial charge in [-0.3, -0.25) is 4.55 Å². The van der Waals surface area contributed by atoms with Crippen molar-refractivity contribution in [1.29, 1.82) is 0 Å². The number of aryl methyl sites for hydroxylation is 1. The average molecular weight is 675 g/mol. The number of ether oxygens (including phenoxy) is 1. The van der Waals surface area contributed by atoms with Crippen molar-refractivity contribution in [2.45, 2.75) is 32.2 Å². The van der Waals surface area contributed by atoms with Crippen LogP contribution in [-0.4, -0.2) is 44.0 Å². The van der Waals surface area contributed by atoms with E-state index >= 15 is 0 Å². The van der Waals surface area contributed by atoms with Crippen LogP contribution >= 0.6 is 0 Å². The first-order valence-electron chi connectivity index (χ1n) is 15.3. The molecule has 244 valence electrons. The molecule has 12 heteroatoms. The maximum Gasteiger partial charge on any atom is 0.379 e. The molecule has 0 amide bonds. The standard InChI is InChI=1S/C35H34N2O8S2/c38-46(39,40)21-9-7-19-36-30-23-28(26-11-3-1-4-12-26)15-17-32(30)44-34(36)25-35-37(20-8-10-22-47(41,42)43)31-24-29(16-18-33(31)45-35)27-13-5-2-6-14-27/h1-6,11-18,23-25H,7-10,19-22H2,(H-,38,39,40,41,42,43). The molecule has 2 heterocycles. The van der Waals surface area contributed by atoms with E-state index in [0.29, 0.717) is 49.0 Å². The first-order chi connectivity index (χ1) is 22.5. The van der Waals surface area contributed by atoms with Crippen LogP contribution in [0.2, 0.25) is 0 Å². The Balaban J connectivity index is 1.39. The van der Waals surface area contributed by atoms with Crippen LogP contribution in [0.15, 0.2) is 107 Å². The third-order valence-corrected chi connectivity index (χ3v) is 9.58. The highest BCUT2D eigenvalue weighted by Gasteiger charge is 2.30. The molecule has 0 saturated carbocycles. The van der Waals surface area contributed by atoms with E-state index in [0.717, 1.165) is 33.5 Å². The van der Waals surface area contributed by atoms with Gasteiger partial charge in [-0.15, -0.1) is 0 Å². The highest BCUT2D eigenvalue weighted by molar-refractivity contribution is 7.85. The summed E-state index contributed by atoms with van der Waals surface area (Å²) in [6.45, 7) is 0.797. The summed E-state index contributed by atoms with van der Waals surface area (Å²) in [5.41, 5.74) is 6.25. The van der Waals surface area contributed by atoms with Crippen molar-refractivity contribution >= 4 is 43.1 Å². The SMILES string of the molecule is O=S(=O)([O-])CCCCN1/C(=C\c2oc3ccc(-c4ccccc4)cc3[n+]2CCCCS(=O)(=O)O)Oc2ccc(-c3ccccc3)cc21. The van der Waals surface area contributed by atoms with E-state index in [2.05, 4.69) is 0 Å². The summed E-state index contributed by atoms with van der Waals surface area (Å²) in [6.07, 6.45) is 3.11. The van der Waals surface area contributed by atoms with Crippen LogP contribution in [0.3, 0.4) is 0 Å². The average Bonchev–Trinajstić information content (AvgIpc) is 3.57. The Labute approximate surface area is 274 Å². The molecule has 0 atom stereocenters. The predicted molar refractivity (Wildman–Crippen MR) is 179 cm³/mol. The highest BCUT2D eigenvalue weighted by Crippen LogP contribution is 2.42. The molecule has 1 N–H and O–H groups in total. The van der Waals surface area contributed by atoms with Crippen LogP contribution < -0.4 is 14.2 Å². The lowest BCUT2D eigenvalue weighted by Gasteiger charge is -2.18. The van der Waals surface area contributed by atoms with Crippen molar-refractivity contribution in [3.05, 3.63) is 109 Å². The highest BCUT2D eigenvalue weighted by atomic mass is 32.2. The summed E-state index contributed by atoms with van der Waals surface area (Å²) >= 11 is 0. The molecule has 5 aromatic rings. The van der Waals surface area contributed by atoms with Gasteiger partial charge in [-0.1, -0.05) is 72.8 Å². The molecule has 0 aliphatic carbocycles. The second-order valence-corrected chi connectivity index (χ2v) is 14.5. The number of unbranched alkanes of at least 4 members (excludes halogenated alkanes) is 2. The van der Waals surface area contributed by atoms with Gasteiger partial charge in [0.05, 0.1) is 21.6 Å². The number of hydrogen-bond acceptors (Lipinski definition) is 8. The van der Waals surface area contributed by atoms with Crippen molar-refractivity contribution in [2.24, 2.45) is 0 Å². The molecule has 4 aromatic carbocycles. The fourth-order valence-corrected chi connectivity index (χ4v) is 6.83. The molecule has 0 saturated heterocycles. The number of aromatic nitrogens is 1. The van der Waals surface area contributed by atoms with Gasteiger partial charge in [0, 0.05) is 24.8 Å². The Morgan fingerprint density at radius 2 is 1.38 bits per heavy atom. The normalized spacial score (nSPS) is 14.1. The molecule has 10 nitrogen and oxygen atoms in total. The van der Waals surface area contributed by atoms with Crippen molar-refractivity contribution in [3.8, 4) is 28.0 Å². The third-order valence-electron chi connectivity index (χ3n) is 7.98. The second-order valence-electron chi connectivity index (χ2n) is 11.4. The molecule has 1 aromatic heterocycles. The zero-order chi connectivity index (χ0) is 33.0. The number of rotatable bonds is 13. The summed E-state index contributed by atoms with van der Waals surface area (Å²) in [5.74, 6) is 0.757. The minimum absolute atomic E-state index is 0.198. The molecule has 47 heavy (non-hydrogen) atoms. The third kappa shape index (κ3) is 8.09. The van der Waals surface area contributed by atoms with Crippen molar-refractivity contribution in [3.63, 3.8) is 0 Å². The lowest BCUT2D eigenvalue weighted by Crippen LogP contribution is -2.36. The Morgan fingerprint density at radius 1 is 0.745 bits per heavy atom. The van der Waals surface area contributed by atoms with Gasteiger partial charge in [-0.25, -0.2) is 8.42 Å². The number of nitrogens with zero attached hydrogens (tertiary/aromatic N) is 2. The molecule has 0 spiro atoms. The molecule has 1 aliphatic rings. The quantitative estimate of drug-likeness (QED) is 0.0872. The summed E-state index contributed by atoms with van der Waals surface area (Å²) in [6, 6.07) is 31.6. The van der Waals surface area contributed by atoms with E-state index in [-0.39, 0.29) is 18.6 Å². The first kappa shape index (κ1) is 32.5. The Hall–Kier alpha value is -4.49. The summed E-state index contributed by atoms with van der Waals surface area (Å²) in [7, 11) is -8.43. The van der Waals surface area contributed by atoms with Crippen LogP contribution in [0.25, 0.3) is 39.4 Å². The van der Waals surface area contributed by atoms with Crippen LogP contribution in [0, 0.1) is 0 Å². The topological polar surface area (TPSA) is 141 Å². The maximum absolute atomic E-state index is 11.4. The minimum atomic E-state index is -4.34. The van der Waals surface area contributed by atoms with Crippen molar-refractivity contribution < 1.29 is 39.7 Å². The van der Waals surface area contributed by atoms with Gasteiger partial charge in [-0.05, 0) is 59.7 Å². The van der Waals surface area contributed by atoms with Gasteiger partial charge in [0.15, 0.2) is 12.3 Å². The Bertz CT molecular complexity index is 2130. The number of hydrogen-bond donors (Lipinski definition) is 1. The number of oxazole rings is 1. The molecule has 0 radical (unpaired) electrons. The predicted octanol–water partition coefficient (Wildman–Crippen LogP) is 6.25. The Morgan fingerprint density at radius 3 is 2.04 bits per heavy atom. The van der Waals surface area contributed by atoms with E-state index < -0.39 is 26.0 Å². The molecule has 0 fully saturated rings. The molecule has 1 aliphatic heterocycles. The first-order valence-corrected chi connectivity index (χ1v) is 18.5. The van der Waals surface area contributed by atoms with Gasteiger partial charge in [0.2, 0.25) is 11.5 Å². The fraction of sp³-hybridized carbons (Fsp3) is 0.229. The largest absolute Gasteiger partial charge is 0.748 e. The smallest absolute Gasteiger partial charge is 0.379 e. The summed E-state index contributed by atoms with van der Waals surface area (Å²) < 4.78 is 80.5. The zero-order valence-corrected chi connectivity index (χ0v) is 27.1.